The van der Waals surface area contributed by atoms with E-state index >= 15 is 0 Å². The fourth-order valence-corrected chi connectivity index (χ4v) is 1.88. The van der Waals surface area contributed by atoms with Crippen LogP contribution >= 0.6 is 0 Å². The average Bonchev–Trinajstić information content (AvgIpc) is 2.09. The molecule has 0 radical (unpaired) electrons. The predicted molar refractivity (Wildman–Crippen MR) is 47.1 cm³/mol. The molecule has 2 heteroatoms. The van der Waals surface area contributed by atoms with Gasteiger partial charge in [0.25, 0.3) is 0 Å². The zero-order valence-electron chi connectivity index (χ0n) is 7.29. The number of hydrogen-bond acceptors (Lipinski definition) is 1. The summed E-state index contributed by atoms with van der Waals surface area (Å²) >= 11 is 0. The molecule has 1 aliphatic rings. The minimum atomic E-state index is 0.622. The molecule has 0 aromatic rings. The SMILES string of the molecule is [C-]#[N+]CC1CCC(CC#N)CC1. The van der Waals surface area contributed by atoms with E-state index in [1.165, 1.54) is 0 Å². The number of hydrogen-bond donors (Lipinski definition) is 0. The monoisotopic (exact) mass is 162 g/mol. The van der Waals surface area contributed by atoms with Gasteiger partial charge in [0.15, 0.2) is 0 Å². The number of nitrogens with zero attached hydrogens (tertiary/aromatic N) is 2. The van der Waals surface area contributed by atoms with Crippen molar-refractivity contribution in [2.24, 2.45) is 11.8 Å². The van der Waals surface area contributed by atoms with Crippen molar-refractivity contribution in [2.45, 2.75) is 32.1 Å². The Kier molecular flexibility index (Phi) is 3.61. The largest absolute Gasteiger partial charge is 0.317 e. The number of nitriles is 1. The summed E-state index contributed by atoms with van der Waals surface area (Å²) < 4.78 is 0. The molecule has 0 heterocycles. The maximum Gasteiger partial charge on any atom is 0.217 e. The molecule has 0 N–H and O–H groups in total. The third-order valence-corrected chi connectivity index (χ3v) is 2.70. The molecule has 1 rings (SSSR count). The molecule has 0 aromatic heterocycles. The van der Waals surface area contributed by atoms with Gasteiger partial charge in [0.05, 0.1) is 6.07 Å². The van der Waals surface area contributed by atoms with Gasteiger partial charge >= 0.3 is 0 Å². The van der Waals surface area contributed by atoms with Gasteiger partial charge in [0.1, 0.15) is 0 Å². The first-order valence-corrected chi connectivity index (χ1v) is 4.57. The van der Waals surface area contributed by atoms with Crippen molar-refractivity contribution in [3.8, 4) is 6.07 Å². The van der Waals surface area contributed by atoms with E-state index in [9.17, 15) is 0 Å². The predicted octanol–water partition coefficient (Wildman–Crippen LogP) is 2.63. The van der Waals surface area contributed by atoms with Crippen molar-refractivity contribution in [3.63, 3.8) is 0 Å². The Hall–Kier alpha value is -1.02. The summed E-state index contributed by atoms with van der Waals surface area (Å²) in [4.78, 5) is 3.42. The molecule has 1 fully saturated rings. The smallest absolute Gasteiger partial charge is 0.217 e. The molecule has 1 saturated carbocycles. The standard InChI is InChI=1S/C10H14N2/c1-12-8-10-4-2-9(3-5-10)6-7-11/h9-10H,2-6,8H2. The van der Waals surface area contributed by atoms with E-state index in [0.29, 0.717) is 24.8 Å². The zero-order valence-corrected chi connectivity index (χ0v) is 7.29. The van der Waals surface area contributed by atoms with E-state index in [2.05, 4.69) is 10.9 Å². The molecule has 0 spiro atoms. The van der Waals surface area contributed by atoms with Gasteiger partial charge in [-0.15, -0.1) is 0 Å². The van der Waals surface area contributed by atoms with Crippen LogP contribution < -0.4 is 0 Å². The van der Waals surface area contributed by atoms with Crippen LogP contribution in [0.1, 0.15) is 32.1 Å². The van der Waals surface area contributed by atoms with Gasteiger partial charge in [-0.2, -0.15) is 5.26 Å². The van der Waals surface area contributed by atoms with Gasteiger partial charge in [0, 0.05) is 12.3 Å². The molecule has 0 saturated heterocycles. The number of rotatable bonds is 2. The van der Waals surface area contributed by atoms with E-state index in [1.807, 2.05) is 0 Å². The fourth-order valence-electron chi connectivity index (χ4n) is 1.88. The highest BCUT2D eigenvalue weighted by molar-refractivity contribution is 4.82. The van der Waals surface area contributed by atoms with Crippen LogP contribution in [0.5, 0.6) is 0 Å². The molecule has 0 aromatic carbocycles. The lowest BCUT2D eigenvalue weighted by atomic mass is 9.81. The molecular formula is C10H14N2. The van der Waals surface area contributed by atoms with E-state index in [0.717, 1.165) is 25.7 Å². The lowest BCUT2D eigenvalue weighted by Crippen LogP contribution is -2.15. The summed E-state index contributed by atoms with van der Waals surface area (Å²) in [5.74, 6) is 1.24. The van der Waals surface area contributed by atoms with Crippen LogP contribution in [-0.4, -0.2) is 6.54 Å². The Balaban J connectivity index is 2.22. The zero-order chi connectivity index (χ0) is 8.81. The molecule has 1 aliphatic carbocycles. The maximum atomic E-state index is 8.49. The Morgan fingerprint density at radius 2 is 1.83 bits per heavy atom. The summed E-state index contributed by atoms with van der Waals surface area (Å²) in [6, 6.07) is 2.22. The summed E-state index contributed by atoms with van der Waals surface area (Å²) in [5, 5.41) is 8.49. The van der Waals surface area contributed by atoms with Crippen molar-refractivity contribution in [1.29, 1.82) is 5.26 Å². The Morgan fingerprint density at radius 3 is 2.33 bits per heavy atom. The van der Waals surface area contributed by atoms with Gasteiger partial charge in [-0.25, -0.2) is 6.57 Å². The third kappa shape index (κ3) is 2.55. The summed E-state index contributed by atoms with van der Waals surface area (Å²) in [7, 11) is 0. The lowest BCUT2D eigenvalue weighted by Gasteiger charge is -2.23. The maximum absolute atomic E-state index is 8.49. The van der Waals surface area contributed by atoms with Gasteiger partial charge in [-0.3, -0.25) is 0 Å². The van der Waals surface area contributed by atoms with Crippen LogP contribution in [0.4, 0.5) is 0 Å². The molecule has 64 valence electrons. The van der Waals surface area contributed by atoms with Crippen LogP contribution in [0.25, 0.3) is 4.85 Å². The van der Waals surface area contributed by atoms with E-state index in [-0.39, 0.29) is 0 Å². The summed E-state index contributed by atoms with van der Waals surface area (Å²) in [6.07, 6.45) is 5.36. The molecule has 12 heavy (non-hydrogen) atoms. The van der Waals surface area contributed by atoms with Crippen LogP contribution in [0.3, 0.4) is 0 Å². The second-order valence-electron chi connectivity index (χ2n) is 3.59. The minimum absolute atomic E-state index is 0.622. The van der Waals surface area contributed by atoms with Crippen LogP contribution in [0, 0.1) is 29.7 Å². The molecule has 2 nitrogen and oxygen atoms in total. The minimum Gasteiger partial charge on any atom is -0.317 e. The normalized spacial score (nSPS) is 28.8. The topological polar surface area (TPSA) is 28.1 Å². The Labute approximate surface area is 74.0 Å². The first kappa shape index (κ1) is 9.07. The van der Waals surface area contributed by atoms with Crippen LogP contribution in [0.2, 0.25) is 0 Å². The molecular weight excluding hydrogens is 148 g/mol. The van der Waals surface area contributed by atoms with Gasteiger partial charge < -0.3 is 4.85 Å². The van der Waals surface area contributed by atoms with Crippen LogP contribution in [-0.2, 0) is 0 Å². The summed E-state index contributed by atoms with van der Waals surface area (Å²) in [6.45, 7) is 7.44. The Morgan fingerprint density at radius 1 is 1.25 bits per heavy atom. The molecule has 0 amide bonds. The van der Waals surface area contributed by atoms with Crippen molar-refractivity contribution in [3.05, 3.63) is 11.4 Å². The van der Waals surface area contributed by atoms with Crippen LogP contribution in [0.15, 0.2) is 0 Å². The quantitative estimate of drug-likeness (QED) is 0.574. The average molecular weight is 162 g/mol. The van der Waals surface area contributed by atoms with Gasteiger partial charge in [-0.1, -0.05) is 0 Å². The second-order valence-corrected chi connectivity index (χ2v) is 3.59. The molecule has 0 atom stereocenters. The van der Waals surface area contributed by atoms with Crippen molar-refractivity contribution < 1.29 is 0 Å². The van der Waals surface area contributed by atoms with E-state index in [4.69, 9.17) is 11.8 Å². The first-order valence-electron chi connectivity index (χ1n) is 4.57. The third-order valence-electron chi connectivity index (χ3n) is 2.70. The summed E-state index contributed by atoms with van der Waals surface area (Å²) in [5.41, 5.74) is 0. The molecule has 0 unspecified atom stereocenters. The van der Waals surface area contributed by atoms with Gasteiger partial charge in [-0.05, 0) is 31.6 Å². The first-order chi connectivity index (χ1) is 5.86. The lowest BCUT2D eigenvalue weighted by molar-refractivity contribution is 0.290. The Bertz CT molecular complexity index is 177. The van der Waals surface area contributed by atoms with Gasteiger partial charge in [0.2, 0.25) is 6.54 Å². The van der Waals surface area contributed by atoms with Crippen molar-refractivity contribution >= 4 is 0 Å². The second kappa shape index (κ2) is 4.78. The fraction of sp³-hybridized carbons (Fsp3) is 0.800. The van der Waals surface area contributed by atoms with E-state index < -0.39 is 0 Å². The highest BCUT2D eigenvalue weighted by Crippen LogP contribution is 2.30. The van der Waals surface area contributed by atoms with Crippen molar-refractivity contribution in [1.82, 2.24) is 0 Å². The highest BCUT2D eigenvalue weighted by atomic mass is 14.6. The molecule has 0 aliphatic heterocycles. The molecule has 0 bridgehead atoms. The van der Waals surface area contributed by atoms with E-state index in [1.54, 1.807) is 0 Å². The van der Waals surface area contributed by atoms with Crippen molar-refractivity contribution in [2.75, 3.05) is 6.54 Å². The highest BCUT2D eigenvalue weighted by Gasteiger charge is 2.22.